The molecule has 0 aliphatic rings. The van der Waals surface area contributed by atoms with Crippen LogP contribution in [-0.4, -0.2) is 33.3 Å². The van der Waals surface area contributed by atoms with Gasteiger partial charge in [0, 0.05) is 11.8 Å². The van der Waals surface area contributed by atoms with Crippen molar-refractivity contribution >= 4 is 5.71 Å². The van der Waals surface area contributed by atoms with Gasteiger partial charge in [0.15, 0.2) is 0 Å². The van der Waals surface area contributed by atoms with E-state index in [1.165, 1.54) is 64.2 Å². The molecule has 4 heteroatoms. The van der Waals surface area contributed by atoms with Crippen molar-refractivity contribution in [3.05, 3.63) is 0 Å². The second kappa shape index (κ2) is 26.3. The first-order valence-electron chi connectivity index (χ1n) is 17.4. The maximum Gasteiger partial charge on any atom is 0.0683 e. The molecule has 39 heavy (non-hydrogen) atoms. The molecule has 0 aliphatic carbocycles. The van der Waals surface area contributed by atoms with Gasteiger partial charge in [-0.05, 0) is 37.5 Å². The van der Waals surface area contributed by atoms with Gasteiger partial charge < -0.3 is 15.4 Å². The third kappa shape index (κ3) is 20.9. The normalized spacial score (nSPS) is 15.0. The highest BCUT2D eigenvalue weighted by molar-refractivity contribution is 5.89. The van der Waals surface area contributed by atoms with E-state index in [2.05, 4.69) is 46.7 Å². The number of oxime groups is 1. The molecule has 234 valence electrons. The third-order valence-electron chi connectivity index (χ3n) is 8.60. The Labute approximate surface area is 244 Å². The van der Waals surface area contributed by atoms with Gasteiger partial charge in [0.25, 0.3) is 0 Å². The monoisotopic (exact) mass is 554 g/mol. The van der Waals surface area contributed by atoms with Crippen LogP contribution in [0.15, 0.2) is 5.16 Å². The Morgan fingerprint density at radius 1 is 0.462 bits per heavy atom. The zero-order valence-electron chi connectivity index (χ0n) is 27.3. The number of aliphatic hydroxyl groups excluding tert-OH is 2. The summed E-state index contributed by atoms with van der Waals surface area (Å²) in [6.45, 7) is 13.5. The van der Waals surface area contributed by atoms with E-state index in [0.717, 1.165) is 77.0 Å². The van der Waals surface area contributed by atoms with Crippen LogP contribution in [0.2, 0.25) is 0 Å². The first kappa shape index (κ1) is 38.4. The van der Waals surface area contributed by atoms with Crippen molar-refractivity contribution in [1.29, 1.82) is 0 Å². The van der Waals surface area contributed by atoms with E-state index in [9.17, 15) is 15.4 Å². The average molecular weight is 554 g/mol. The van der Waals surface area contributed by atoms with Gasteiger partial charge in [-0.25, -0.2) is 0 Å². The summed E-state index contributed by atoms with van der Waals surface area (Å²) in [7, 11) is 0. The van der Waals surface area contributed by atoms with Crippen molar-refractivity contribution in [3.8, 4) is 0 Å². The molecule has 0 bridgehead atoms. The van der Waals surface area contributed by atoms with Crippen LogP contribution in [0, 0.1) is 23.7 Å². The van der Waals surface area contributed by atoms with E-state index in [1.807, 2.05) is 0 Å². The van der Waals surface area contributed by atoms with E-state index in [-0.39, 0.29) is 11.8 Å². The molecule has 0 rings (SSSR count). The Bertz CT molecular complexity index is 504. The fourth-order valence-electron chi connectivity index (χ4n) is 6.01. The Morgan fingerprint density at radius 2 is 0.795 bits per heavy atom. The molecular weight excluding hydrogens is 482 g/mol. The number of rotatable bonds is 28. The lowest BCUT2D eigenvalue weighted by Crippen LogP contribution is -2.38. The van der Waals surface area contributed by atoms with Crippen molar-refractivity contribution in [2.45, 2.75) is 195 Å². The van der Waals surface area contributed by atoms with E-state index >= 15 is 0 Å². The first-order valence-corrected chi connectivity index (χ1v) is 17.4. The molecule has 0 aromatic rings. The number of unbranched alkanes of at least 4 members (excludes halogenated alkanes) is 12. The lowest BCUT2D eigenvalue weighted by atomic mass is 9.77. The van der Waals surface area contributed by atoms with Gasteiger partial charge in [0.05, 0.1) is 17.9 Å². The van der Waals surface area contributed by atoms with Gasteiger partial charge in [-0.1, -0.05) is 162 Å². The number of hydrogen-bond donors (Lipinski definition) is 3. The molecule has 0 fully saturated rings. The van der Waals surface area contributed by atoms with Gasteiger partial charge in [-0.15, -0.1) is 0 Å². The second-order valence-corrected chi connectivity index (χ2v) is 13.3. The minimum absolute atomic E-state index is 0.165. The summed E-state index contributed by atoms with van der Waals surface area (Å²) in [4.78, 5) is 0. The quantitative estimate of drug-likeness (QED) is 0.0390. The maximum absolute atomic E-state index is 11.4. The molecule has 0 saturated carbocycles. The maximum atomic E-state index is 11.4. The summed E-state index contributed by atoms with van der Waals surface area (Å²) in [6, 6.07) is 0. The molecular formula is C35H71NO3. The minimum Gasteiger partial charge on any atom is -0.411 e. The molecule has 4 atom stereocenters. The summed E-state index contributed by atoms with van der Waals surface area (Å²) >= 11 is 0. The highest BCUT2D eigenvalue weighted by atomic mass is 16.4. The van der Waals surface area contributed by atoms with Crippen LogP contribution in [0.1, 0.15) is 183 Å². The summed E-state index contributed by atoms with van der Waals surface area (Å²) < 4.78 is 0. The molecule has 0 aromatic heterocycles. The first-order chi connectivity index (χ1) is 18.8. The van der Waals surface area contributed by atoms with Crippen molar-refractivity contribution in [2.75, 3.05) is 0 Å². The van der Waals surface area contributed by atoms with Crippen LogP contribution < -0.4 is 0 Å². The lowest BCUT2D eigenvalue weighted by Gasteiger charge is -2.32. The van der Waals surface area contributed by atoms with Crippen LogP contribution in [0.4, 0.5) is 0 Å². The number of aliphatic hydroxyl groups is 2. The Morgan fingerprint density at radius 3 is 1.10 bits per heavy atom. The van der Waals surface area contributed by atoms with Crippen LogP contribution in [0.3, 0.4) is 0 Å². The van der Waals surface area contributed by atoms with Crippen LogP contribution in [-0.2, 0) is 0 Å². The van der Waals surface area contributed by atoms with Crippen molar-refractivity contribution in [3.63, 3.8) is 0 Å². The second-order valence-electron chi connectivity index (χ2n) is 13.3. The van der Waals surface area contributed by atoms with Gasteiger partial charge in [-0.3, -0.25) is 0 Å². The number of nitrogens with zero attached hydrogens (tertiary/aromatic N) is 1. The molecule has 0 radical (unpaired) electrons. The van der Waals surface area contributed by atoms with Gasteiger partial charge in [-0.2, -0.15) is 0 Å². The fraction of sp³-hybridized carbons (Fsp3) is 0.971. The highest BCUT2D eigenvalue weighted by Gasteiger charge is 2.34. The predicted octanol–water partition coefficient (Wildman–Crippen LogP) is 10.7. The standard InChI is InChI=1S/C35H71NO3/c1-7-9-11-13-15-17-19-27-33(37)31(25-21-23-29(3)4)35(36-39)32(26-22-24-30(5)6)34(38)28-20-18-16-14-12-10-8-2/h29-34,37-39H,7-28H2,1-6H3. The van der Waals surface area contributed by atoms with E-state index in [4.69, 9.17) is 0 Å². The summed E-state index contributed by atoms with van der Waals surface area (Å²) in [5.74, 6) is 0.901. The molecule has 4 nitrogen and oxygen atoms in total. The van der Waals surface area contributed by atoms with E-state index in [1.54, 1.807) is 0 Å². The summed E-state index contributed by atoms with van der Waals surface area (Å²) in [6.07, 6.45) is 23.6. The smallest absolute Gasteiger partial charge is 0.0683 e. The average Bonchev–Trinajstić information content (AvgIpc) is 2.89. The molecule has 0 saturated heterocycles. The molecule has 4 unspecified atom stereocenters. The molecule has 0 aromatic carbocycles. The lowest BCUT2D eigenvalue weighted by molar-refractivity contribution is 0.0931. The van der Waals surface area contributed by atoms with Crippen molar-refractivity contribution in [1.82, 2.24) is 0 Å². The van der Waals surface area contributed by atoms with Crippen molar-refractivity contribution in [2.24, 2.45) is 28.8 Å². The highest BCUT2D eigenvalue weighted by Crippen LogP contribution is 2.30. The van der Waals surface area contributed by atoms with E-state index in [0.29, 0.717) is 17.5 Å². The molecule has 3 N–H and O–H groups in total. The third-order valence-corrected chi connectivity index (χ3v) is 8.60. The summed E-state index contributed by atoms with van der Waals surface area (Å²) in [5, 5.41) is 37.0. The Balaban J connectivity index is 5.33. The predicted molar refractivity (Wildman–Crippen MR) is 171 cm³/mol. The van der Waals surface area contributed by atoms with E-state index < -0.39 is 12.2 Å². The molecule has 0 aliphatic heterocycles. The zero-order chi connectivity index (χ0) is 29.3. The topological polar surface area (TPSA) is 73.1 Å². The Hall–Kier alpha value is -0.610. The minimum atomic E-state index is -0.503. The van der Waals surface area contributed by atoms with Crippen molar-refractivity contribution < 1.29 is 15.4 Å². The zero-order valence-corrected chi connectivity index (χ0v) is 27.3. The molecule has 0 heterocycles. The van der Waals surface area contributed by atoms with Crippen LogP contribution in [0.25, 0.3) is 0 Å². The molecule has 0 amide bonds. The molecule has 0 spiro atoms. The van der Waals surface area contributed by atoms with Crippen LogP contribution in [0.5, 0.6) is 0 Å². The largest absolute Gasteiger partial charge is 0.411 e. The van der Waals surface area contributed by atoms with Gasteiger partial charge >= 0.3 is 0 Å². The number of hydrogen-bond acceptors (Lipinski definition) is 4. The Kier molecular flexibility index (Phi) is 25.9. The van der Waals surface area contributed by atoms with Crippen LogP contribution >= 0.6 is 0 Å². The summed E-state index contributed by atoms with van der Waals surface area (Å²) in [5.41, 5.74) is 0.674. The van der Waals surface area contributed by atoms with Gasteiger partial charge in [0.2, 0.25) is 0 Å². The fourth-order valence-corrected chi connectivity index (χ4v) is 6.01. The van der Waals surface area contributed by atoms with Gasteiger partial charge in [0.1, 0.15) is 0 Å². The SMILES string of the molecule is CCCCCCCCCC(O)C(CCCC(C)C)C(=NO)C(CCCC(C)C)C(O)CCCCCCCCC.